The summed E-state index contributed by atoms with van der Waals surface area (Å²) in [6.07, 6.45) is 2.11. The van der Waals surface area contributed by atoms with E-state index in [4.69, 9.17) is 4.74 Å². The summed E-state index contributed by atoms with van der Waals surface area (Å²) in [4.78, 5) is 28.5. The molecule has 7 nitrogen and oxygen atoms in total. The number of nitrogens with zero attached hydrogens (tertiary/aromatic N) is 4. The van der Waals surface area contributed by atoms with Crippen molar-refractivity contribution in [3.05, 3.63) is 16.4 Å². The minimum atomic E-state index is -0.483. The van der Waals surface area contributed by atoms with E-state index in [0.29, 0.717) is 19.6 Å². The zero-order chi connectivity index (χ0) is 18.2. The Morgan fingerprint density at radius 2 is 1.96 bits per heavy atom. The molecule has 1 aromatic heterocycles. The number of halogens is 1. The first-order chi connectivity index (χ1) is 11.7. The molecule has 25 heavy (non-hydrogen) atoms. The highest BCUT2D eigenvalue weighted by Crippen LogP contribution is 2.22. The molecule has 3 rings (SSSR count). The van der Waals surface area contributed by atoms with Gasteiger partial charge < -0.3 is 14.5 Å². The first-order valence-corrected chi connectivity index (χ1v) is 9.52. The fourth-order valence-electron chi connectivity index (χ4n) is 3.41. The van der Waals surface area contributed by atoms with E-state index in [1.54, 1.807) is 9.58 Å². The highest BCUT2D eigenvalue weighted by molar-refractivity contribution is 9.10. The molecule has 0 aromatic carbocycles. The van der Waals surface area contributed by atoms with Crippen LogP contribution < -0.4 is 0 Å². The minimum absolute atomic E-state index is 0.102. The monoisotopic (exact) mass is 412 g/mol. The van der Waals surface area contributed by atoms with Crippen LogP contribution in [0.15, 0.2) is 10.7 Å². The van der Waals surface area contributed by atoms with Gasteiger partial charge in [-0.15, -0.1) is 0 Å². The third-order valence-corrected chi connectivity index (χ3v) is 4.99. The summed E-state index contributed by atoms with van der Waals surface area (Å²) in [5, 5.41) is 4.33. The van der Waals surface area contributed by atoms with Crippen molar-refractivity contribution in [2.24, 2.45) is 0 Å². The summed E-state index contributed by atoms with van der Waals surface area (Å²) in [6.45, 7) is 7.85. The lowest BCUT2D eigenvalue weighted by atomic mass is 10.0. The maximum atomic E-state index is 12.6. The van der Waals surface area contributed by atoms with Crippen molar-refractivity contribution in [2.75, 3.05) is 19.6 Å². The standard InChI is InChI=1S/C17H25BrN4O3/c1-17(2,3)25-16(24)20-7-4-12(5-8-20)21-9-6-13-10-14(18)19-22(13)11-15(21)23/h10,12H,4-9,11H2,1-3H3. The maximum absolute atomic E-state index is 12.6. The Balaban J connectivity index is 1.57. The summed E-state index contributed by atoms with van der Waals surface area (Å²) in [5.41, 5.74) is 0.595. The molecule has 0 unspecified atom stereocenters. The topological polar surface area (TPSA) is 67.7 Å². The van der Waals surface area contributed by atoms with Gasteiger partial charge in [0, 0.05) is 37.8 Å². The Kier molecular flexibility index (Phi) is 5.09. The van der Waals surface area contributed by atoms with E-state index >= 15 is 0 Å². The third kappa shape index (κ3) is 4.34. The second kappa shape index (κ2) is 6.97. The molecule has 2 amide bonds. The van der Waals surface area contributed by atoms with Crippen LogP contribution in [0.5, 0.6) is 0 Å². The molecule has 0 aliphatic carbocycles. The fraction of sp³-hybridized carbons (Fsp3) is 0.706. The maximum Gasteiger partial charge on any atom is 0.410 e. The first kappa shape index (κ1) is 18.2. The number of ether oxygens (including phenoxy) is 1. The largest absolute Gasteiger partial charge is 0.444 e. The van der Waals surface area contributed by atoms with Crippen molar-refractivity contribution in [3.63, 3.8) is 0 Å². The van der Waals surface area contributed by atoms with Crippen molar-refractivity contribution in [3.8, 4) is 0 Å². The van der Waals surface area contributed by atoms with Gasteiger partial charge in [-0.1, -0.05) is 0 Å². The summed E-state index contributed by atoms with van der Waals surface area (Å²) >= 11 is 3.36. The molecule has 0 bridgehead atoms. The van der Waals surface area contributed by atoms with Gasteiger partial charge in [0.05, 0.1) is 0 Å². The molecule has 0 spiro atoms. The Morgan fingerprint density at radius 3 is 2.60 bits per heavy atom. The number of rotatable bonds is 1. The number of hydrogen-bond acceptors (Lipinski definition) is 4. The zero-order valence-corrected chi connectivity index (χ0v) is 16.6. The van der Waals surface area contributed by atoms with Gasteiger partial charge in [0.15, 0.2) is 0 Å². The molecule has 2 aliphatic heterocycles. The number of fused-ring (bicyclic) bond motifs is 1. The molecule has 3 heterocycles. The van der Waals surface area contributed by atoms with E-state index in [-0.39, 0.29) is 24.6 Å². The van der Waals surface area contributed by atoms with Crippen LogP contribution in [0, 0.1) is 0 Å². The van der Waals surface area contributed by atoms with Crippen LogP contribution in [-0.2, 0) is 22.5 Å². The lowest BCUT2D eigenvalue weighted by Gasteiger charge is -2.38. The number of likely N-dealkylation sites (tertiary alicyclic amines) is 1. The predicted octanol–water partition coefficient (Wildman–Crippen LogP) is 2.43. The quantitative estimate of drug-likeness (QED) is 0.710. The number of carbonyl (C=O) groups excluding carboxylic acids is 2. The van der Waals surface area contributed by atoms with Gasteiger partial charge in [-0.2, -0.15) is 5.10 Å². The minimum Gasteiger partial charge on any atom is -0.444 e. The Hall–Kier alpha value is -1.57. The lowest BCUT2D eigenvalue weighted by Crippen LogP contribution is -2.50. The van der Waals surface area contributed by atoms with Gasteiger partial charge in [0.25, 0.3) is 0 Å². The summed E-state index contributed by atoms with van der Waals surface area (Å²) in [7, 11) is 0. The first-order valence-electron chi connectivity index (χ1n) is 8.72. The fourth-order valence-corrected chi connectivity index (χ4v) is 3.87. The van der Waals surface area contributed by atoms with Crippen LogP contribution in [0.2, 0.25) is 0 Å². The van der Waals surface area contributed by atoms with Crippen molar-refractivity contribution in [2.45, 2.75) is 58.2 Å². The molecule has 0 radical (unpaired) electrons. The molecule has 0 saturated carbocycles. The second-order valence-corrected chi connectivity index (χ2v) is 8.46. The van der Waals surface area contributed by atoms with E-state index in [1.165, 1.54) is 0 Å². The smallest absolute Gasteiger partial charge is 0.410 e. The Bertz CT molecular complexity index is 659. The summed E-state index contributed by atoms with van der Waals surface area (Å²) in [6, 6.07) is 2.15. The molecule has 2 aliphatic rings. The summed E-state index contributed by atoms with van der Waals surface area (Å²) < 4.78 is 7.99. The highest BCUT2D eigenvalue weighted by atomic mass is 79.9. The summed E-state index contributed by atoms with van der Waals surface area (Å²) in [5.74, 6) is 0.102. The molecular weight excluding hydrogens is 388 g/mol. The van der Waals surface area contributed by atoms with Crippen molar-refractivity contribution in [1.29, 1.82) is 0 Å². The second-order valence-electron chi connectivity index (χ2n) is 7.65. The van der Waals surface area contributed by atoms with E-state index in [0.717, 1.165) is 29.6 Å². The molecule has 8 heteroatoms. The number of amides is 2. The van der Waals surface area contributed by atoms with Gasteiger partial charge in [-0.3, -0.25) is 9.48 Å². The molecule has 1 aromatic rings. The van der Waals surface area contributed by atoms with Gasteiger partial charge in [-0.05, 0) is 55.6 Å². The van der Waals surface area contributed by atoms with Gasteiger partial charge in [-0.25, -0.2) is 4.79 Å². The van der Waals surface area contributed by atoms with Crippen LogP contribution in [0.4, 0.5) is 4.79 Å². The third-order valence-electron chi connectivity index (χ3n) is 4.60. The zero-order valence-electron chi connectivity index (χ0n) is 15.0. The number of carbonyl (C=O) groups is 2. The van der Waals surface area contributed by atoms with E-state index in [1.807, 2.05) is 31.7 Å². The van der Waals surface area contributed by atoms with Crippen LogP contribution in [0.1, 0.15) is 39.3 Å². The van der Waals surface area contributed by atoms with Crippen LogP contribution in [0.3, 0.4) is 0 Å². The van der Waals surface area contributed by atoms with Crippen molar-refractivity contribution < 1.29 is 14.3 Å². The number of hydrogen-bond donors (Lipinski definition) is 0. The van der Waals surface area contributed by atoms with Crippen molar-refractivity contribution in [1.82, 2.24) is 19.6 Å². The molecular formula is C17H25BrN4O3. The average Bonchev–Trinajstić information content (AvgIpc) is 2.78. The molecule has 1 fully saturated rings. The van der Waals surface area contributed by atoms with Crippen molar-refractivity contribution >= 4 is 27.9 Å². The normalized spacial score (nSPS) is 19.6. The van der Waals surface area contributed by atoms with Gasteiger partial charge in [0.2, 0.25) is 5.91 Å². The number of aromatic nitrogens is 2. The van der Waals surface area contributed by atoms with E-state index in [2.05, 4.69) is 21.0 Å². The van der Waals surface area contributed by atoms with Crippen LogP contribution in [-0.4, -0.2) is 62.9 Å². The van der Waals surface area contributed by atoms with Crippen LogP contribution >= 0.6 is 15.9 Å². The lowest BCUT2D eigenvalue weighted by molar-refractivity contribution is -0.134. The molecule has 0 N–H and O–H groups in total. The molecule has 0 atom stereocenters. The predicted molar refractivity (Wildman–Crippen MR) is 96.2 cm³/mol. The van der Waals surface area contributed by atoms with Gasteiger partial charge in [0.1, 0.15) is 16.7 Å². The SMILES string of the molecule is CC(C)(C)OC(=O)N1CCC(N2CCc3cc(Br)nn3CC2=O)CC1. The van der Waals surface area contributed by atoms with E-state index < -0.39 is 5.60 Å². The number of piperidine rings is 1. The molecule has 138 valence electrons. The average molecular weight is 413 g/mol. The Morgan fingerprint density at radius 1 is 1.28 bits per heavy atom. The highest BCUT2D eigenvalue weighted by Gasteiger charge is 2.33. The van der Waals surface area contributed by atoms with Gasteiger partial charge >= 0.3 is 6.09 Å². The van der Waals surface area contributed by atoms with E-state index in [9.17, 15) is 9.59 Å². The Labute approximate surface area is 156 Å². The van der Waals surface area contributed by atoms with Crippen LogP contribution in [0.25, 0.3) is 0 Å². The molecule has 1 saturated heterocycles.